The van der Waals surface area contributed by atoms with E-state index in [-0.39, 0.29) is 0 Å². The Balaban J connectivity index is 1.54. The third-order valence-electron chi connectivity index (χ3n) is 3.57. The molecule has 0 saturated heterocycles. The summed E-state index contributed by atoms with van der Waals surface area (Å²) in [5, 5.41) is 8.87. The molecule has 23 heavy (non-hydrogen) atoms. The molecule has 0 fully saturated rings. The highest BCUT2D eigenvalue weighted by molar-refractivity contribution is 7.18. The van der Waals surface area contributed by atoms with Gasteiger partial charge in [0.25, 0.3) is 0 Å². The van der Waals surface area contributed by atoms with E-state index in [0.29, 0.717) is 6.54 Å². The average Bonchev–Trinajstić information content (AvgIpc) is 3.19. The van der Waals surface area contributed by atoms with Crippen molar-refractivity contribution in [2.24, 2.45) is 0 Å². The molecule has 0 radical (unpaired) electrons. The molecule has 3 aromatic heterocycles. The van der Waals surface area contributed by atoms with Gasteiger partial charge in [0, 0.05) is 23.2 Å². The van der Waals surface area contributed by atoms with Gasteiger partial charge in [0.1, 0.15) is 17.0 Å². The second kappa shape index (κ2) is 5.81. The van der Waals surface area contributed by atoms with E-state index in [4.69, 9.17) is 0 Å². The number of aryl methyl sites for hydroxylation is 1. The van der Waals surface area contributed by atoms with Crippen molar-refractivity contribution in [1.82, 2.24) is 19.7 Å². The van der Waals surface area contributed by atoms with Gasteiger partial charge in [-0.25, -0.2) is 14.6 Å². The molecule has 114 valence electrons. The number of rotatable bonds is 4. The second-order valence-electron chi connectivity index (χ2n) is 5.28. The minimum absolute atomic E-state index is 0.674. The van der Waals surface area contributed by atoms with Gasteiger partial charge < -0.3 is 5.32 Å². The van der Waals surface area contributed by atoms with Crippen LogP contribution in [-0.2, 0) is 6.54 Å². The molecule has 0 bridgehead atoms. The Morgan fingerprint density at radius 3 is 2.91 bits per heavy atom. The molecule has 1 N–H and O–H groups in total. The number of hydrogen-bond acceptors (Lipinski definition) is 5. The maximum absolute atomic E-state index is 4.41. The number of nitrogens with one attached hydrogen (secondary N) is 1. The fourth-order valence-electron chi connectivity index (χ4n) is 2.48. The third kappa shape index (κ3) is 2.80. The molecule has 1 aromatic carbocycles. The van der Waals surface area contributed by atoms with Crippen molar-refractivity contribution in [3.05, 3.63) is 65.6 Å². The Kier molecular flexibility index (Phi) is 3.51. The van der Waals surface area contributed by atoms with E-state index in [1.54, 1.807) is 17.7 Å². The molecule has 6 heteroatoms. The van der Waals surface area contributed by atoms with Crippen LogP contribution in [0.4, 0.5) is 5.82 Å². The van der Waals surface area contributed by atoms with Crippen LogP contribution < -0.4 is 5.32 Å². The molecule has 3 heterocycles. The predicted octanol–water partition coefficient (Wildman–Crippen LogP) is 3.80. The first-order valence-corrected chi connectivity index (χ1v) is 8.15. The topological polar surface area (TPSA) is 55.6 Å². The van der Waals surface area contributed by atoms with Gasteiger partial charge >= 0.3 is 0 Å². The van der Waals surface area contributed by atoms with Crippen LogP contribution in [0.25, 0.3) is 15.9 Å². The summed E-state index contributed by atoms with van der Waals surface area (Å²) in [7, 11) is 0. The van der Waals surface area contributed by atoms with Gasteiger partial charge in [-0.3, -0.25) is 0 Å². The fraction of sp³-hybridized carbons (Fsp3) is 0.118. The molecule has 0 amide bonds. The normalized spacial score (nSPS) is 11.0. The summed E-state index contributed by atoms with van der Waals surface area (Å²) < 4.78 is 1.88. The lowest BCUT2D eigenvalue weighted by Gasteiger charge is -2.04. The molecule has 0 aliphatic carbocycles. The van der Waals surface area contributed by atoms with Crippen LogP contribution in [0.15, 0.2) is 55.1 Å². The highest BCUT2D eigenvalue weighted by Crippen LogP contribution is 2.27. The smallest absolute Gasteiger partial charge is 0.138 e. The number of hydrogen-bond donors (Lipinski definition) is 1. The van der Waals surface area contributed by atoms with Crippen LogP contribution in [0.2, 0.25) is 0 Å². The van der Waals surface area contributed by atoms with Gasteiger partial charge in [-0.1, -0.05) is 18.2 Å². The number of fused-ring (bicyclic) bond motifs is 1. The zero-order valence-corrected chi connectivity index (χ0v) is 13.4. The first-order chi connectivity index (χ1) is 11.3. The molecule has 5 nitrogen and oxygen atoms in total. The zero-order chi connectivity index (χ0) is 15.6. The summed E-state index contributed by atoms with van der Waals surface area (Å²) >= 11 is 1.68. The molecular formula is C17H15N5S. The molecule has 4 aromatic rings. The Bertz CT molecular complexity index is 942. The predicted molar refractivity (Wildman–Crippen MR) is 93.0 cm³/mol. The molecule has 0 aliphatic heterocycles. The summed E-state index contributed by atoms with van der Waals surface area (Å²) in [6.45, 7) is 2.76. The summed E-state index contributed by atoms with van der Waals surface area (Å²) in [5.41, 5.74) is 2.16. The van der Waals surface area contributed by atoms with Crippen molar-refractivity contribution in [2.45, 2.75) is 13.5 Å². The van der Waals surface area contributed by atoms with Gasteiger partial charge in [-0.2, -0.15) is 5.10 Å². The van der Waals surface area contributed by atoms with Crippen molar-refractivity contribution in [1.29, 1.82) is 0 Å². The van der Waals surface area contributed by atoms with Crippen molar-refractivity contribution < 1.29 is 0 Å². The lowest BCUT2D eigenvalue weighted by atomic mass is 10.3. The molecule has 0 spiro atoms. The number of para-hydroxylation sites is 1. The number of thiophene rings is 1. The second-order valence-corrected chi connectivity index (χ2v) is 6.52. The van der Waals surface area contributed by atoms with Gasteiger partial charge in [0.2, 0.25) is 0 Å². The molecule has 0 atom stereocenters. The van der Waals surface area contributed by atoms with Crippen LogP contribution in [0.5, 0.6) is 0 Å². The summed E-state index contributed by atoms with van der Waals surface area (Å²) in [5.74, 6) is 0.867. The standard InChI is InChI=1S/C17H15N5S/c1-12-7-15-16(19-11-20-17(15)23-12)18-8-13-9-21-22(10-13)14-5-3-2-4-6-14/h2-7,9-11H,8H2,1H3,(H,18,19,20). The average molecular weight is 321 g/mol. The largest absolute Gasteiger partial charge is 0.365 e. The van der Waals surface area contributed by atoms with Crippen LogP contribution in [-0.4, -0.2) is 19.7 Å². The van der Waals surface area contributed by atoms with E-state index in [2.05, 4.69) is 33.4 Å². The summed E-state index contributed by atoms with van der Waals surface area (Å²) in [6.07, 6.45) is 5.50. The quantitative estimate of drug-likeness (QED) is 0.621. The monoisotopic (exact) mass is 321 g/mol. The lowest BCUT2D eigenvalue weighted by Crippen LogP contribution is -2.01. The molecule has 4 rings (SSSR count). The van der Waals surface area contributed by atoms with Crippen LogP contribution >= 0.6 is 11.3 Å². The summed E-state index contributed by atoms with van der Waals surface area (Å²) in [6, 6.07) is 12.2. The SMILES string of the molecule is Cc1cc2c(NCc3cnn(-c4ccccc4)c3)ncnc2s1. The zero-order valence-electron chi connectivity index (χ0n) is 12.6. The lowest BCUT2D eigenvalue weighted by molar-refractivity contribution is 0.880. The minimum Gasteiger partial charge on any atom is -0.365 e. The number of benzene rings is 1. The van der Waals surface area contributed by atoms with E-state index in [1.807, 2.05) is 47.4 Å². The van der Waals surface area contributed by atoms with Gasteiger partial charge in [-0.05, 0) is 25.1 Å². The van der Waals surface area contributed by atoms with Gasteiger partial charge in [0.05, 0.1) is 17.3 Å². The van der Waals surface area contributed by atoms with Crippen molar-refractivity contribution in [2.75, 3.05) is 5.32 Å². The highest BCUT2D eigenvalue weighted by atomic mass is 32.1. The number of nitrogens with zero attached hydrogens (tertiary/aromatic N) is 4. The minimum atomic E-state index is 0.674. The Morgan fingerprint density at radius 2 is 2.04 bits per heavy atom. The first-order valence-electron chi connectivity index (χ1n) is 7.33. The van der Waals surface area contributed by atoms with E-state index >= 15 is 0 Å². The van der Waals surface area contributed by atoms with E-state index in [9.17, 15) is 0 Å². The maximum Gasteiger partial charge on any atom is 0.138 e. The first kappa shape index (κ1) is 13.9. The Morgan fingerprint density at radius 1 is 1.17 bits per heavy atom. The molecule has 0 aliphatic rings. The Hall–Kier alpha value is -2.73. The molecule has 0 unspecified atom stereocenters. The van der Waals surface area contributed by atoms with E-state index < -0.39 is 0 Å². The molecule has 0 saturated carbocycles. The fourth-order valence-corrected chi connectivity index (χ4v) is 3.32. The third-order valence-corrected chi connectivity index (χ3v) is 4.53. The maximum atomic E-state index is 4.41. The van der Waals surface area contributed by atoms with Crippen LogP contribution in [0.3, 0.4) is 0 Å². The van der Waals surface area contributed by atoms with Gasteiger partial charge in [0.15, 0.2) is 0 Å². The molecular weight excluding hydrogens is 306 g/mol. The van der Waals surface area contributed by atoms with Crippen LogP contribution in [0, 0.1) is 6.92 Å². The Labute approximate surface area is 137 Å². The number of anilines is 1. The van der Waals surface area contributed by atoms with Crippen LogP contribution in [0.1, 0.15) is 10.4 Å². The van der Waals surface area contributed by atoms with Crippen molar-refractivity contribution >= 4 is 27.4 Å². The van der Waals surface area contributed by atoms with E-state index in [0.717, 1.165) is 27.3 Å². The highest BCUT2D eigenvalue weighted by Gasteiger charge is 2.07. The van der Waals surface area contributed by atoms with Crippen molar-refractivity contribution in [3.8, 4) is 5.69 Å². The number of aromatic nitrogens is 4. The van der Waals surface area contributed by atoms with Crippen molar-refractivity contribution in [3.63, 3.8) is 0 Å². The van der Waals surface area contributed by atoms with Gasteiger partial charge in [-0.15, -0.1) is 11.3 Å². The summed E-state index contributed by atoms with van der Waals surface area (Å²) in [4.78, 5) is 10.9. The van der Waals surface area contributed by atoms with E-state index in [1.165, 1.54) is 4.88 Å².